The smallest absolute Gasteiger partial charge is 0.305 e. The molecule has 0 saturated heterocycles. The van der Waals surface area contributed by atoms with Gasteiger partial charge in [-0.15, -0.1) is 0 Å². The van der Waals surface area contributed by atoms with E-state index in [0.717, 1.165) is 19.3 Å². The molecule has 2 aromatic carbocycles. The van der Waals surface area contributed by atoms with Gasteiger partial charge in [0.05, 0.1) is 17.9 Å². The third-order valence-electron chi connectivity index (χ3n) is 4.48. The molecule has 6 nitrogen and oxygen atoms in total. The molecule has 30 heavy (non-hydrogen) atoms. The van der Waals surface area contributed by atoms with Crippen LogP contribution in [0.15, 0.2) is 54.6 Å². The number of ether oxygens (including phenoxy) is 1. The van der Waals surface area contributed by atoms with Gasteiger partial charge in [-0.1, -0.05) is 49.4 Å². The van der Waals surface area contributed by atoms with Crippen LogP contribution >= 0.6 is 0 Å². The fourth-order valence-electron chi connectivity index (χ4n) is 2.91. The lowest BCUT2D eigenvalue weighted by Crippen LogP contribution is -2.25. The van der Waals surface area contributed by atoms with Gasteiger partial charge >= 0.3 is 5.97 Å². The van der Waals surface area contributed by atoms with Crippen LogP contribution in [0.25, 0.3) is 0 Å². The van der Waals surface area contributed by atoms with Crippen molar-refractivity contribution in [2.45, 2.75) is 45.4 Å². The third-order valence-corrected chi connectivity index (χ3v) is 4.48. The first kappa shape index (κ1) is 23.1. The highest BCUT2D eigenvalue weighted by atomic mass is 16.5. The Hall–Kier alpha value is -3.15. The molecular formula is C24H30N2O4. The Morgan fingerprint density at radius 3 is 2.40 bits per heavy atom. The summed E-state index contributed by atoms with van der Waals surface area (Å²) in [5.41, 5.74) is 2.12. The van der Waals surface area contributed by atoms with Gasteiger partial charge in [0.1, 0.15) is 0 Å². The highest BCUT2D eigenvalue weighted by Crippen LogP contribution is 2.16. The van der Waals surface area contributed by atoms with Gasteiger partial charge in [-0.2, -0.15) is 0 Å². The lowest BCUT2D eigenvalue weighted by molar-refractivity contribution is -0.143. The number of benzene rings is 2. The summed E-state index contributed by atoms with van der Waals surface area (Å²) >= 11 is 0. The van der Waals surface area contributed by atoms with Crippen LogP contribution in [-0.4, -0.2) is 30.9 Å². The molecule has 2 rings (SSSR count). The standard InChI is InChI=1S/C24H30N2O4/c1-2-17-25-24(29)20-13-6-7-14-21(20)26-22(27)15-8-16-23(28)30-18-9-12-19-10-4-3-5-11-19/h3-7,10-11,13-14H,2,8-9,12,15-18H2,1H3,(H,25,29)(H,26,27). The average molecular weight is 411 g/mol. The molecule has 2 aromatic rings. The van der Waals surface area contributed by atoms with Crippen molar-refractivity contribution < 1.29 is 19.1 Å². The molecule has 0 aromatic heterocycles. The molecule has 0 aliphatic heterocycles. The monoisotopic (exact) mass is 410 g/mol. The largest absolute Gasteiger partial charge is 0.466 e. The van der Waals surface area contributed by atoms with Gasteiger partial charge in [-0.3, -0.25) is 14.4 Å². The van der Waals surface area contributed by atoms with E-state index in [1.165, 1.54) is 5.56 Å². The minimum Gasteiger partial charge on any atom is -0.466 e. The van der Waals surface area contributed by atoms with Crippen LogP contribution in [-0.2, 0) is 20.7 Å². The summed E-state index contributed by atoms with van der Waals surface area (Å²) in [5, 5.41) is 5.56. The number of amides is 2. The molecule has 0 bridgehead atoms. The van der Waals surface area contributed by atoms with E-state index in [9.17, 15) is 14.4 Å². The van der Waals surface area contributed by atoms with Crippen molar-refractivity contribution in [2.75, 3.05) is 18.5 Å². The van der Waals surface area contributed by atoms with E-state index in [4.69, 9.17) is 4.74 Å². The quantitative estimate of drug-likeness (QED) is 0.407. The Bertz CT molecular complexity index is 821. The normalized spacial score (nSPS) is 10.3. The van der Waals surface area contributed by atoms with Gasteiger partial charge in [0.2, 0.25) is 5.91 Å². The highest BCUT2D eigenvalue weighted by molar-refractivity contribution is 6.03. The number of esters is 1. The van der Waals surface area contributed by atoms with Crippen LogP contribution in [0.1, 0.15) is 54.9 Å². The number of anilines is 1. The molecule has 160 valence electrons. The molecule has 0 fully saturated rings. The second kappa shape index (κ2) is 13.1. The van der Waals surface area contributed by atoms with Crippen LogP contribution in [0.4, 0.5) is 5.69 Å². The van der Waals surface area contributed by atoms with Crippen LogP contribution in [0.2, 0.25) is 0 Å². The van der Waals surface area contributed by atoms with Gasteiger partial charge in [-0.05, 0) is 43.4 Å². The molecule has 0 radical (unpaired) electrons. The van der Waals surface area contributed by atoms with E-state index in [0.29, 0.717) is 30.8 Å². The molecule has 6 heteroatoms. The molecule has 2 N–H and O–H groups in total. The maximum absolute atomic E-state index is 12.2. The highest BCUT2D eigenvalue weighted by Gasteiger charge is 2.13. The van der Waals surface area contributed by atoms with Crippen molar-refractivity contribution in [3.63, 3.8) is 0 Å². The zero-order valence-electron chi connectivity index (χ0n) is 17.5. The predicted octanol–water partition coefficient (Wildman–Crippen LogP) is 4.11. The van der Waals surface area contributed by atoms with E-state index < -0.39 is 0 Å². The molecule has 0 spiro atoms. The second-order valence-corrected chi connectivity index (χ2v) is 7.01. The van der Waals surface area contributed by atoms with Crippen LogP contribution < -0.4 is 10.6 Å². The first-order valence-electron chi connectivity index (χ1n) is 10.5. The minimum absolute atomic E-state index is 0.185. The van der Waals surface area contributed by atoms with E-state index in [1.807, 2.05) is 37.3 Å². The number of aryl methyl sites for hydroxylation is 1. The number of hydrogen-bond acceptors (Lipinski definition) is 4. The van der Waals surface area contributed by atoms with Gasteiger partial charge < -0.3 is 15.4 Å². The van der Waals surface area contributed by atoms with Crippen molar-refractivity contribution in [1.29, 1.82) is 0 Å². The lowest BCUT2D eigenvalue weighted by Gasteiger charge is -2.11. The van der Waals surface area contributed by atoms with Crippen molar-refractivity contribution in [3.8, 4) is 0 Å². The summed E-state index contributed by atoms with van der Waals surface area (Å²) in [6.07, 6.45) is 3.24. The SMILES string of the molecule is CCCNC(=O)c1ccccc1NC(=O)CCCC(=O)OCCCc1ccccc1. The number of carbonyl (C=O) groups excluding carboxylic acids is 3. The molecule has 0 aliphatic rings. The van der Waals surface area contributed by atoms with Gasteiger partial charge in [-0.25, -0.2) is 0 Å². The Balaban J connectivity index is 1.66. The first-order valence-corrected chi connectivity index (χ1v) is 10.5. The molecule has 0 atom stereocenters. The third kappa shape index (κ3) is 8.47. The second-order valence-electron chi connectivity index (χ2n) is 7.01. The van der Waals surface area contributed by atoms with Gasteiger partial charge in [0.25, 0.3) is 5.91 Å². The first-order chi connectivity index (χ1) is 14.6. The van der Waals surface area contributed by atoms with E-state index in [-0.39, 0.29) is 30.6 Å². The molecule has 0 aliphatic carbocycles. The zero-order valence-corrected chi connectivity index (χ0v) is 17.5. The Kier molecular flexibility index (Phi) is 10.1. The van der Waals surface area contributed by atoms with Crippen molar-refractivity contribution >= 4 is 23.5 Å². The number of para-hydroxylation sites is 1. The average Bonchev–Trinajstić information content (AvgIpc) is 2.76. The summed E-state index contributed by atoms with van der Waals surface area (Å²) in [5.74, 6) is -0.746. The Morgan fingerprint density at radius 1 is 0.900 bits per heavy atom. The van der Waals surface area contributed by atoms with Crippen molar-refractivity contribution in [1.82, 2.24) is 5.32 Å². The zero-order chi connectivity index (χ0) is 21.6. The summed E-state index contributed by atoms with van der Waals surface area (Å²) in [6.45, 7) is 2.93. The van der Waals surface area contributed by atoms with Crippen molar-refractivity contribution in [2.24, 2.45) is 0 Å². The molecule has 0 saturated carbocycles. The number of hydrogen-bond donors (Lipinski definition) is 2. The van der Waals surface area contributed by atoms with Gasteiger partial charge in [0.15, 0.2) is 0 Å². The summed E-state index contributed by atoms with van der Waals surface area (Å²) in [7, 11) is 0. The Labute approximate surface area is 178 Å². The lowest BCUT2D eigenvalue weighted by atomic mass is 10.1. The van der Waals surface area contributed by atoms with Crippen LogP contribution in [0.5, 0.6) is 0 Å². The number of carbonyl (C=O) groups is 3. The number of rotatable bonds is 12. The fraction of sp³-hybridized carbons (Fsp3) is 0.375. The van der Waals surface area contributed by atoms with Gasteiger partial charge in [0, 0.05) is 19.4 Å². The minimum atomic E-state index is -0.296. The maximum Gasteiger partial charge on any atom is 0.305 e. The maximum atomic E-state index is 12.2. The number of nitrogens with one attached hydrogen (secondary N) is 2. The van der Waals surface area contributed by atoms with E-state index in [2.05, 4.69) is 10.6 Å². The topological polar surface area (TPSA) is 84.5 Å². The van der Waals surface area contributed by atoms with E-state index >= 15 is 0 Å². The molecular weight excluding hydrogens is 380 g/mol. The Morgan fingerprint density at radius 2 is 1.63 bits per heavy atom. The van der Waals surface area contributed by atoms with Crippen LogP contribution in [0, 0.1) is 0 Å². The fourth-order valence-corrected chi connectivity index (χ4v) is 2.91. The summed E-state index contributed by atoms with van der Waals surface area (Å²) in [4.78, 5) is 36.2. The van der Waals surface area contributed by atoms with Crippen LogP contribution in [0.3, 0.4) is 0 Å². The molecule has 0 heterocycles. The van der Waals surface area contributed by atoms with E-state index in [1.54, 1.807) is 24.3 Å². The molecule has 0 unspecified atom stereocenters. The van der Waals surface area contributed by atoms with Crippen molar-refractivity contribution in [3.05, 3.63) is 65.7 Å². The summed E-state index contributed by atoms with van der Waals surface area (Å²) in [6, 6.07) is 16.9. The predicted molar refractivity (Wildman–Crippen MR) is 117 cm³/mol. The molecule has 2 amide bonds. The summed E-state index contributed by atoms with van der Waals surface area (Å²) < 4.78 is 5.23.